The first kappa shape index (κ1) is 65.5. The van der Waals surface area contributed by atoms with Gasteiger partial charge in [0.15, 0.2) is 34.0 Å². The molecular formula is C70H81FN6O17. The number of allylic oxidation sites excluding steroid dienone is 2. The van der Waals surface area contributed by atoms with Crippen LogP contribution in [0.15, 0.2) is 79.3 Å². The fraction of sp³-hybridized carbons (Fsp3) is 0.500. The van der Waals surface area contributed by atoms with Crippen LogP contribution in [0.1, 0.15) is 115 Å². The van der Waals surface area contributed by atoms with Crippen molar-refractivity contribution >= 4 is 84.5 Å². The summed E-state index contributed by atoms with van der Waals surface area (Å²) in [7, 11) is 5.03. The van der Waals surface area contributed by atoms with Gasteiger partial charge in [-0.3, -0.25) is 28.9 Å². The van der Waals surface area contributed by atoms with Gasteiger partial charge in [0.2, 0.25) is 16.3 Å². The Morgan fingerprint density at radius 3 is 2.22 bits per heavy atom. The first-order valence-electron chi connectivity index (χ1n) is 32.2. The second kappa shape index (κ2) is 24.6. The molecule has 2 aromatic heterocycles. The number of benzene rings is 4. The number of carbonyl (C=O) groups is 3. The van der Waals surface area contributed by atoms with E-state index in [9.17, 15) is 49.5 Å². The van der Waals surface area contributed by atoms with E-state index in [4.69, 9.17) is 33.1 Å². The number of methoxy groups -OCH3 is 2. The van der Waals surface area contributed by atoms with Crippen LogP contribution in [-0.2, 0) is 23.8 Å². The lowest BCUT2D eigenvalue weighted by molar-refractivity contribution is -0.160. The molecule has 2 saturated carbocycles. The number of aromatic nitrogens is 2. The fourth-order valence-corrected chi connectivity index (χ4v) is 15.2. The summed E-state index contributed by atoms with van der Waals surface area (Å²) >= 11 is 0. The molecular weight excluding hydrogens is 1220 g/mol. The van der Waals surface area contributed by atoms with Crippen molar-refractivity contribution in [3.05, 3.63) is 113 Å². The number of phenols is 1. The molecule has 6 heterocycles. The van der Waals surface area contributed by atoms with Gasteiger partial charge in [-0.2, -0.15) is 0 Å². The Labute approximate surface area is 540 Å². The van der Waals surface area contributed by atoms with Crippen LogP contribution >= 0.6 is 0 Å². The minimum atomic E-state index is -2.04. The van der Waals surface area contributed by atoms with Crippen LogP contribution in [-0.4, -0.2) is 147 Å². The molecule has 500 valence electrons. The van der Waals surface area contributed by atoms with Gasteiger partial charge < -0.3 is 73.3 Å². The van der Waals surface area contributed by atoms with E-state index in [1.54, 1.807) is 50.5 Å². The third-order valence-electron chi connectivity index (χ3n) is 21.1. The summed E-state index contributed by atoms with van der Waals surface area (Å²) in [6, 6.07) is 4.40. The minimum Gasteiger partial charge on any atom is -0.507 e. The molecule has 10 atom stereocenters. The van der Waals surface area contributed by atoms with E-state index < -0.39 is 117 Å². The van der Waals surface area contributed by atoms with Crippen LogP contribution in [0, 0.1) is 42.3 Å². The van der Waals surface area contributed by atoms with Crippen LogP contribution in [0.3, 0.4) is 0 Å². The highest BCUT2D eigenvalue weighted by atomic mass is 19.1. The Bertz CT molecular complexity index is 4470. The van der Waals surface area contributed by atoms with Gasteiger partial charge in [-0.1, -0.05) is 45.9 Å². The zero-order valence-corrected chi connectivity index (χ0v) is 54.6. The zero-order chi connectivity index (χ0) is 67.5. The van der Waals surface area contributed by atoms with Gasteiger partial charge in [0.1, 0.15) is 40.1 Å². The predicted octanol–water partition coefficient (Wildman–Crippen LogP) is 8.02. The highest BCUT2D eigenvalue weighted by Crippen LogP contribution is 2.54. The van der Waals surface area contributed by atoms with E-state index in [-0.39, 0.29) is 95.4 Å². The lowest BCUT2D eigenvalue weighted by atomic mass is 9.78. The number of aliphatic hydroxyl groups is 3. The third-order valence-corrected chi connectivity index (χ3v) is 21.1. The Morgan fingerprint density at radius 2 is 1.57 bits per heavy atom. The molecule has 4 aromatic carbocycles. The smallest absolute Gasteiger partial charge is 0.341 e. The standard InChI is InChI=1S/C70H81FN6O17/c1-32-13-12-14-33(2)67(86)73-54-61(84)50-49(51-63(37(6)59(50)82)94-69(8,66(51)85)91-26-20-47(89-10)34(3)62(92-38(7)78)36(5)58(81)35(4)57(32)80)53-64(54)93-48-28-42(27-46(79)52(48)72-53)75-24-18-40(19-25-75)74(9)70(21-22-70)39-17-23-76(30-39)56-45(71)29-43-55(65(56)90-11)77(41-15-16-41)31-44(60(43)83)68(87)88/h12-14,20,26-29,31-32,34-36,39-41,47,57-58,62,80-82,85H,15-19,21-25,30H2,1-11H3,(H,73,86)(H,87,88)/b13-12+,26-20+,33-14-/t32-,34+,35+,36+,39+,47-,57-,58+,62+,69-/m0/s1. The molecule has 6 aliphatic rings. The molecule has 4 aliphatic heterocycles. The summed E-state index contributed by atoms with van der Waals surface area (Å²) in [4.78, 5) is 93.7. The van der Waals surface area contributed by atoms with Crippen molar-refractivity contribution < 1.29 is 72.4 Å². The van der Waals surface area contributed by atoms with Crippen molar-refractivity contribution in [3.8, 4) is 17.2 Å². The van der Waals surface area contributed by atoms with Crippen molar-refractivity contribution in [2.24, 2.45) is 29.6 Å². The number of carboxylic acid groups (broad SMARTS) is 1. The van der Waals surface area contributed by atoms with E-state index in [0.717, 1.165) is 51.0 Å². The number of hydrogen-bond donors (Lipinski definition) is 6. The van der Waals surface area contributed by atoms with Crippen LogP contribution in [0.4, 0.5) is 21.5 Å². The molecule has 4 fully saturated rings. The number of rotatable bonds is 10. The molecule has 2 saturated heterocycles. The highest BCUT2D eigenvalue weighted by Gasteiger charge is 2.56. The van der Waals surface area contributed by atoms with E-state index in [1.807, 2.05) is 4.90 Å². The molecule has 23 nitrogen and oxygen atoms in total. The number of piperidine rings is 1. The average Bonchev–Trinajstić information content (AvgIpc) is 1.44. The third kappa shape index (κ3) is 11.1. The molecule has 12 rings (SSSR count). The number of carbonyl (C=O) groups excluding carboxylic acids is 2. The highest BCUT2D eigenvalue weighted by molar-refractivity contribution is 6.17. The number of carboxylic acids is 1. The van der Waals surface area contributed by atoms with Crippen molar-refractivity contribution in [2.75, 3.05) is 62.6 Å². The zero-order valence-electron chi connectivity index (χ0n) is 54.6. The van der Waals surface area contributed by atoms with E-state index in [2.05, 4.69) is 22.2 Å². The summed E-state index contributed by atoms with van der Waals surface area (Å²) in [6.45, 7) is 14.7. The summed E-state index contributed by atoms with van der Waals surface area (Å²) in [6.07, 6.45) is 10.4. The molecule has 6 N–H and O–H groups in total. The van der Waals surface area contributed by atoms with Gasteiger partial charge in [-0.05, 0) is 83.9 Å². The number of aliphatic hydroxyl groups excluding tert-OH is 3. The van der Waals surface area contributed by atoms with Gasteiger partial charge in [0, 0.05) is 129 Å². The summed E-state index contributed by atoms with van der Waals surface area (Å²) < 4.78 is 55.1. The maximum absolute atomic E-state index is 16.5. The maximum Gasteiger partial charge on any atom is 0.341 e. The molecule has 2 aliphatic carbocycles. The van der Waals surface area contributed by atoms with Gasteiger partial charge in [0.25, 0.3) is 5.91 Å². The molecule has 24 heteroatoms. The summed E-state index contributed by atoms with van der Waals surface area (Å²) in [5.74, 6) is -8.95. The number of nitrogens with zero attached hydrogens (tertiary/aromatic N) is 5. The van der Waals surface area contributed by atoms with Gasteiger partial charge in [-0.25, -0.2) is 14.2 Å². The Hall–Kier alpha value is -8.58. The average molecular weight is 1300 g/mol. The second-order valence-electron chi connectivity index (χ2n) is 26.9. The number of aromatic hydroxyl groups is 1. The van der Waals surface area contributed by atoms with Crippen LogP contribution in [0.5, 0.6) is 17.2 Å². The maximum atomic E-state index is 16.5. The first-order valence-corrected chi connectivity index (χ1v) is 32.2. The molecule has 1 amide bonds. The predicted molar refractivity (Wildman–Crippen MR) is 350 cm³/mol. The molecule has 0 unspecified atom stereocenters. The van der Waals surface area contributed by atoms with E-state index >= 15 is 9.18 Å². The van der Waals surface area contributed by atoms with Crippen molar-refractivity contribution in [1.82, 2.24) is 14.5 Å². The monoisotopic (exact) mass is 1300 g/mol. The quantitative estimate of drug-likeness (QED) is 0.0430. The Balaban J connectivity index is 0.872. The van der Waals surface area contributed by atoms with E-state index in [1.165, 1.54) is 72.6 Å². The molecule has 94 heavy (non-hydrogen) atoms. The van der Waals surface area contributed by atoms with Crippen LogP contribution in [0.2, 0.25) is 0 Å². The molecule has 0 radical (unpaired) electrons. The number of amides is 1. The number of nitrogens with one attached hydrogen (secondary N) is 1. The van der Waals surface area contributed by atoms with Crippen molar-refractivity contribution in [1.29, 1.82) is 0 Å². The fourth-order valence-electron chi connectivity index (χ4n) is 15.2. The first-order chi connectivity index (χ1) is 44.6. The number of esters is 1. The largest absolute Gasteiger partial charge is 0.507 e. The summed E-state index contributed by atoms with van der Waals surface area (Å²) in [5, 5.41) is 59.7. The number of ether oxygens (including phenoxy) is 5. The topological polar surface area (TPSA) is 302 Å². The normalized spacial score (nSPS) is 28.2. The SMILES string of the molecule is COc1c(N2CC[C@@H](C3(N(C)C4CCN(c5cc(=O)c6nc7c(oc6c5)c5c(=O)c6c(O)c(C)c8c(c67)=C(O)[C@@](C)(O/C=C/[C@H](OC)[C@@H](C)[C@@H](OC(C)=O)[C@H](C)[C@H](O)[C@H](C)[C@@H](O)[C@@H](C)/C=C/C=C(/C)C(=O)N5)O8)CC4)CC3)C2)c(F)cc2c(=O)c(C(=O)O)cn(C3CC3)c12. The van der Waals surface area contributed by atoms with Crippen LogP contribution in [0.25, 0.3) is 49.6 Å². The number of hydrogen-bond acceptors (Lipinski definition) is 20. The lowest BCUT2D eigenvalue weighted by Crippen LogP contribution is -2.51. The Kier molecular flexibility index (Phi) is 17.2. The molecule has 0 spiro atoms. The number of halogens is 1. The molecule has 5 bridgehead atoms. The van der Waals surface area contributed by atoms with Gasteiger partial charge in [0.05, 0.1) is 53.2 Å². The number of phenolic OH excluding ortho intramolecular Hbond substituents is 1. The van der Waals surface area contributed by atoms with Crippen molar-refractivity contribution in [2.45, 2.75) is 148 Å². The van der Waals surface area contributed by atoms with Crippen molar-refractivity contribution in [3.63, 3.8) is 0 Å². The van der Waals surface area contributed by atoms with Crippen LogP contribution < -0.4 is 46.1 Å². The number of fused-ring (bicyclic) bond motifs is 6. The number of anilines is 3. The minimum absolute atomic E-state index is 0.0226. The molecule has 6 aromatic rings. The van der Waals surface area contributed by atoms with E-state index in [0.29, 0.717) is 37.4 Å². The number of aromatic carboxylic acids is 1. The van der Waals surface area contributed by atoms with Gasteiger partial charge in [-0.15, -0.1) is 0 Å². The lowest BCUT2D eigenvalue weighted by Gasteiger charge is -2.43. The summed E-state index contributed by atoms with van der Waals surface area (Å²) in [5.41, 5.74) is -2.55. The Morgan fingerprint density at radius 1 is 0.872 bits per heavy atom. The van der Waals surface area contributed by atoms with Gasteiger partial charge >= 0.3 is 17.7 Å². The second-order valence-corrected chi connectivity index (χ2v) is 26.9. The number of pyridine rings is 1.